The number of carboxylic acids is 1. The van der Waals surface area contributed by atoms with Crippen molar-refractivity contribution in [2.45, 2.75) is 39.2 Å². The number of hydrogen-bond donors (Lipinski definition) is 2. The SMILES string of the molecule is CCOc1ccccc1C(F)(F)C(=O)N[C@H](C(=O)O)[C@@H](C)CC. The second-order valence-corrected chi connectivity index (χ2v) is 5.18. The molecule has 0 bridgehead atoms. The summed E-state index contributed by atoms with van der Waals surface area (Å²) in [5, 5.41) is 11.0. The number of amides is 1. The Morgan fingerprint density at radius 2 is 1.91 bits per heavy atom. The van der Waals surface area contributed by atoms with Gasteiger partial charge in [-0.05, 0) is 25.0 Å². The molecule has 7 heteroatoms. The fraction of sp³-hybridized carbons (Fsp3) is 0.500. The molecule has 2 atom stereocenters. The highest BCUT2D eigenvalue weighted by Crippen LogP contribution is 2.35. The fourth-order valence-corrected chi connectivity index (χ4v) is 2.04. The standard InChI is InChI=1S/C16H21F2NO4/c1-4-10(3)13(14(20)21)19-15(22)16(17,18)11-8-6-7-9-12(11)23-5-2/h6-10,13H,4-5H2,1-3H3,(H,19,22)(H,20,21)/t10-,13-/m0/s1. The first-order chi connectivity index (χ1) is 10.8. The number of rotatable bonds is 8. The monoisotopic (exact) mass is 329 g/mol. The highest BCUT2D eigenvalue weighted by Gasteiger charge is 2.45. The Hall–Kier alpha value is -2.18. The highest BCUT2D eigenvalue weighted by molar-refractivity contribution is 5.89. The first-order valence-corrected chi connectivity index (χ1v) is 7.39. The van der Waals surface area contributed by atoms with Crippen molar-refractivity contribution >= 4 is 11.9 Å². The molecule has 0 aliphatic heterocycles. The van der Waals surface area contributed by atoms with Crippen molar-refractivity contribution in [3.05, 3.63) is 29.8 Å². The largest absolute Gasteiger partial charge is 0.493 e. The van der Waals surface area contributed by atoms with Crippen molar-refractivity contribution in [3.8, 4) is 5.75 Å². The van der Waals surface area contributed by atoms with E-state index in [9.17, 15) is 18.4 Å². The van der Waals surface area contributed by atoms with E-state index in [-0.39, 0.29) is 12.4 Å². The maximum Gasteiger partial charge on any atom is 0.353 e. The molecule has 5 nitrogen and oxygen atoms in total. The van der Waals surface area contributed by atoms with Gasteiger partial charge in [0.15, 0.2) is 0 Å². The molecule has 0 aliphatic carbocycles. The molecular weight excluding hydrogens is 308 g/mol. The van der Waals surface area contributed by atoms with Crippen LogP contribution in [0.5, 0.6) is 5.75 Å². The van der Waals surface area contributed by atoms with E-state index in [0.29, 0.717) is 6.42 Å². The van der Waals surface area contributed by atoms with Gasteiger partial charge < -0.3 is 15.2 Å². The Balaban J connectivity index is 3.07. The summed E-state index contributed by atoms with van der Waals surface area (Å²) in [6, 6.07) is 3.93. The van der Waals surface area contributed by atoms with E-state index in [1.165, 1.54) is 18.2 Å². The molecule has 0 fully saturated rings. The fourth-order valence-electron chi connectivity index (χ4n) is 2.04. The molecular formula is C16H21F2NO4. The summed E-state index contributed by atoms with van der Waals surface area (Å²) < 4.78 is 34.0. The number of hydrogen-bond acceptors (Lipinski definition) is 3. The number of para-hydroxylation sites is 1. The minimum absolute atomic E-state index is 0.106. The maximum atomic E-state index is 14.4. The van der Waals surface area contributed by atoms with E-state index in [1.807, 2.05) is 5.32 Å². The minimum atomic E-state index is -3.90. The van der Waals surface area contributed by atoms with E-state index in [0.717, 1.165) is 6.07 Å². The number of halogens is 2. The second-order valence-electron chi connectivity index (χ2n) is 5.18. The Bertz CT molecular complexity index is 563. The number of benzene rings is 1. The van der Waals surface area contributed by atoms with Gasteiger partial charge in [-0.1, -0.05) is 32.4 Å². The number of aliphatic carboxylic acids is 1. The van der Waals surface area contributed by atoms with Gasteiger partial charge in [0.25, 0.3) is 5.91 Å². The molecule has 0 saturated carbocycles. The normalized spacial score (nSPS) is 14.0. The number of nitrogens with one attached hydrogen (secondary N) is 1. The van der Waals surface area contributed by atoms with Crippen LogP contribution < -0.4 is 10.1 Å². The molecule has 0 unspecified atom stereocenters. The molecule has 2 N–H and O–H groups in total. The Kier molecular flexibility index (Phi) is 6.48. The lowest BCUT2D eigenvalue weighted by Crippen LogP contribution is -2.50. The molecule has 1 amide bonds. The zero-order valence-electron chi connectivity index (χ0n) is 13.3. The average Bonchev–Trinajstić information content (AvgIpc) is 2.51. The number of carbonyl (C=O) groups excluding carboxylic acids is 1. The molecule has 0 spiro atoms. The summed E-state index contributed by atoms with van der Waals surface area (Å²) in [4.78, 5) is 23.2. The van der Waals surface area contributed by atoms with Crippen LogP contribution in [0, 0.1) is 5.92 Å². The van der Waals surface area contributed by atoms with Gasteiger partial charge in [0.2, 0.25) is 0 Å². The van der Waals surface area contributed by atoms with E-state index in [1.54, 1.807) is 20.8 Å². The quantitative estimate of drug-likeness (QED) is 0.769. The number of carboxylic acid groups (broad SMARTS) is 1. The number of carbonyl (C=O) groups is 2. The van der Waals surface area contributed by atoms with E-state index >= 15 is 0 Å². The summed E-state index contributed by atoms with van der Waals surface area (Å²) in [6.45, 7) is 5.10. The summed E-state index contributed by atoms with van der Waals surface area (Å²) >= 11 is 0. The van der Waals surface area contributed by atoms with Crippen LogP contribution in [-0.4, -0.2) is 29.6 Å². The first kappa shape index (κ1) is 18.9. The van der Waals surface area contributed by atoms with Crippen molar-refractivity contribution in [2.24, 2.45) is 5.92 Å². The first-order valence-electron chi connectivity index (χ1n) is 7.39. The van der Waals surface area contributed by atoms with Gasteiger partial charge in [-0.25, -0.2) is 4.79 Å². The van der Waals surface area contributed by atoms with Crippen LogP contribution in [0.2, 0.25) is 0 Å². The van der Waals surface area contributed by atoms with E-state index < -0.39 is 35.3 Å². The third kappa shape index (κ3) is 4.40. The van der Waals surface area contributed by atoms with Gasteiger partial charge >= 0.3 is 11.9 Å². The van der Waals surface area contributed by atoms with E-state index in [4.69, 9.17) is 9.84 Å². The second kappa shape index (κ2) is 7.89. The third-order valence-corrected chi connectivity index (χ3v) is 3.58. The maximum absolute atomic E-state index is 14.4. The summed E-state index contributed by atoms with van der Waals surface area (Å²) in [6.07, 6.45) is 0.429. The molecule has 0 aromatic heterocycles. The minimum Gasteiger partial charge on any atom is -0.493 e. The molecule has 23 heavy (non-hydrogen) atoms. The van der Waals surface area contributed by atoms with Crippen molar-refractivity contribution in [1.82, 2.24) is 5.32 Å². The van der Waals surface area contributed by atoms with Gasteiger partial charge in [0.1, 0.15) is 11.8 Å². The smallest absolute Gasteiger partial charge is 0.353 e. The summed E-state index contributed by atoms with van der Waals surface area (Å²) in [7, 11) is 0. The van der Waals surface area contributed by atoms with Gasteiger partial charge in [-0.2, -0.15) is 8.78 Å². The average molecular weight is 329 g/mol. The predicted molar refractivity (Wildman–Crippen MR) is 80.5 cm³/mol. The van der Waals surface area contributed by atoms with Crippen LogP contribution in [0.3, 0.4) is 0 Å². The third-order valence-electron chi connectivity index (χ3n) is 3.58. The molecule has 0 radical (unpaired) electrons. The predicted octanol–water partition coefficient (Wildman–Crippen LogP) is 2.79. The lowest BCUT2D eigenvalue weighted by molar-refractivity contribution is -0.153. The van der Waals surface area contributed by atoms with Gasteiger partial charge in [0, 0.05) is 0 Å². The van der Waals surface area contributed by atoms with Gasteiger partial charge in [0.05, 0.1) is 12.2 Å². The molecule has 0 heterocycles. The molecule has 0 aliphatic rings. The van der Waals surface area contributed by atoms with Crippen LogP contribution in [0.15, 0.2) is 24.3 Å². The topological polar surface area (TPSA) is 75.6 Å². The molecule has 1 aromatic carbocycles. The Morgan fingerprint density at radius 1 is 1.30 bits per heavy atom. The summed E-state index contributed by atoms with van der Waals surface area (Å²) in [5.41, 5.74) is -0.590. The number of alkyl halides is 2. The van der Waals surface area contributed by atoms with Crippen LogP contribution in [0.25, 0.3) is 0 Å². The van der Waals surface area contributed by atoms with Gasteiger partial charge in [-0.3, -0.25) is 4.79 Å². The van der Waals surface area contributed by atoms with Crippen LogP contribution in [0.4, 0.5) is 8.78 Å². The molecule has 0 saturated heterocycles. The Labute approximate surface area is 133 Å². The summed E-state index contributed by atoms with van der Waals surface area (Å²) in [5.74, 6) is -7.48. The van der Waals surface area contributed by atoms with E-state index in [2.05, 4.69) is 0 Å². The van der Waals surface area contributed by atoms with Crippen molar-refractivity contribution in [2.75, 3.05) is 6.61 Å². The van der Waals surface area contributed by atoms with Crippen molar-refractivity contribution in [3.63, 3.8) is 0 Å². The molecule has 128 valence electrons. The molecule has 1 rings (SSSR count). The zero-order chi connectivity index (χ0) is 17.6. The van der Waals surface area contributed by atoms with Crippen molar-refractivity contribution in [1.29, 1.82) is 0 Å². The van der Waals surface area contributed by atoms with Crippen LogP contribution in [-0.2, 0) is 15.5 Å². The zero-order valence-corrected chi connectivity index (χ0v) is 13.3. The Morgan fingerprint density at radius 3 is 2.43 bits per heavy atom. The van der Waals surface area contributed by atoms with Crippen LogP contribution in [0.1, 0.15) is 32.8 Å². The van der Waals surface area contributed by atoms with Gasteiger partial charge in [-0.15, -0.1) is 0 Å². The lowest BCUT2D eigenvalue weighted by atomic mass is 9.98. The van der Waals surface area contributed by atoms with Crippen LogP contribution >= 0.6 is 0 Å². The molecule has 1 aromatic rings. The van der Waals surface area contributed by atoms with Crippen molar-refractivity contribution < 1.29 is 28.2 Å². The number of ether oxygens (including phenoxy) is 1. The lowest BCUT2D eigenvalue weighted by Gasteiger charge is -2.24. The highest BCUT2D eigenvalue weighted by atomic mass is 19.3.